The van der Waals surface area contributed by atoms with Crippen LogP contribution in [0.4, 0.5) is 0 Å². The first-order chi connectivity index (χ1) is 13.0. The molecule has 0 spiro atoms. The summed E-state index contributed by atoms with van der Waals surface area (Å²) in [4.78, 5) is 36.8. The summed E-state index contributed by atoms with van der Waals surface area (Å²) in [6.45, 7) is 7.00. The zero-order valence-corrected chi connectivity index (χ0v) is 17.7. The molecule has 0 saturated heterocycles. The van der Waals surface area contributed by atoms with Crippen molar-refractivity contribution in [3.8, 4) is 6.07 Å². The van der Waals surface area contributed by atoms with Gasteiger partial charge >= 0.3 is 5.97 Å². The average Bonchev–Trinajstić information content (AvgIpc) is 2.60. The standard InChI is InChI=1S/C21H21BrN2O4/c1-13(24-12-16(11-23)17(22)10-19(24)26)18(25)9-14-5-7-15(8-6-14)20(27)28-21(2,3)4/h5-8,10,12-13H,9H2,1-4H3. The van der Waals surface area contributed by atoms with Crippen molar-refractivity contribution in [3.63, 3.8) is 0 Å². The van der Waals surface area contributed by atoms with Crippen LogP contribution in [0.15, 0.2) is 45.8 Å². The fourth-order valence-electron chi connectivity index (χ4n) is 2.51. The molecule has 0 bridgehead atoms. The van der Waals surface area contributed by atoms with Crippen molar-refractivity contribution in [2.45, 2.75) is 45.8 Å². The Morgan fingerprint density at radius 2 is 1.86 bits per heavy atom. The number of ether oxygens (including phenoxy) is 1. The number of nitriles is 1. The summed E-state index contributed by atoms with van der Waals surface area (Å²) in [5, 5.41) is 9.11. The Balaban J connectivity index is 2.14. The van der Waals surface area contributed by atoms with Crippen molar-refractivity contribution in [3.05, 3.63) is 68.0 Å². The Morgan fingerprint density at radius 1 is 1.25 bits per heavy atom. The van der Waals surface area contributed by atoms with Gasteiger partial charge in [0.2, 0.25) is 0 Å². The molecule has 146 valence electrons. The third kappa shape index (κ3) is 5.40. The molecule has 0 N–H and O–H groups in total. The molecule has 0 amide bonds. The van der Waals surface area contributed by atoms with E-state index in [9.17, 15) is 14.4 Å². The molecule has 1 atom stereocenters. The van der Waals surface area contributed by atoms with Crippen molar-refractivity contribution in [1.82, 2.24) is 4.57 Å². The first-order valence-electron chi connectivity index (χ1n) is 8.68. The summed E-state index contributed by atoms with van der Waals surface area (Å²) in [5.41, 5.74) is 0.450. The van der Waals surface area contributed by atoms with Gasteiger partial charge < -0.3 is 9.30 Å². The van der Waals surface area contributed by atoms with Crippen LogP contribution in [0, 0.1) is 11.3 Å². The molecule has 6 nitrogen and oxygen atoms in total. The highest BCUT2D eigenvalue weighted by atomic mass is 79.9. The van der Waals surface area contributed by atoms with E-state index < -0.39 is 17.6 Å². The van der Waals surface area contributed by atoms with Gasteiger partial charge in [0.25, 0.3) is 5.56 Å². The molecule has 7 heteroatoms. The summed E-state index contributed by atoms with van der Waals surface area (Å²) in [6, 6.07) is 9.13. The van der Waals surface area contributed by atoms with Gasteiger partial charge in [0, 0.05) is 23.2 Å². The van der Waals surface area contributed by atoms with Crippen LogP contribution in [0.3, 0.4) is 0 Å². The minimum atomic E-state index is -0.724. The molecule has 2 aromatic rings. The molecule has 0 saturated carbocycles. The first kappa shape index (κ1) is 21.6. The molecule has 2 rings (SSSR count). The maximum atomic E-state index is 12.6. The number of aromatic nitrogens is 1. The van der Waals surface area contributed by atoms with E-state index in [4.69, 9.17) is 10.00 Å². The second-order valence-electron chi connectivity index (χ2n) is 7.41. The Hall–Kier alpha value is -2.72. The van der Waals surface area contributed by atoms with E-state index in [1.54, 1.807) is 52.0 Å². The minimum Gasteiger partial charge on any atom is -0.456 e. The predicted molar refractivity (Wildman–Crippen MR) is 108 cm³/mol. The average molecular weight is 445 g/mol. The maximum absolute atomic E-state index is 12.6. The fourth-order valence-corrected chi connectivity index (χ4v) is 2.90. The number of carbonyl (C=O) groups is 2. The number of halogens is 1. The van der Waals surface area contributed by atoms with Gasteiger partial charge in [-0.25, -0.2) is 4.79 Å². The number of benzene rings is 1. The van der Waals surface area contributed by atoms with Crippen molar-refractivity contribution in [2.75, 3.05) is 0 Å². The number of carbonyl (C=O) groups excluding carboxylic acids is 2. The van der Waals surface area contributed by atoms with Crippen LogP contribution in [0.5, 0.6) is 0 Å². The van der Waals surface area contributed by atoms with E-state index in [2.05, 4.69) is 15.9 Å². The van der Waals surface area contributed by atoms with Crippen LogP contribution >= 0.6 is 15.9 Å². The van der Waals surface area contributed by atoms with E-state index >= 15 is 0 Å². The summed E-state index contributed by atoms with van der Waals surface area (Å²) >= 11 is 3.16. The molecular formula is C21H21BrN2O4. The number of hydrogen-bond donors (Lipinski definition) is 0. The van der Waals surface area contributed by atoms with Gasteiger partial charge in [0.05, 0.1) is 17.2 Å². The number of hydrogen-bond acceptors (Lipinski definition) is 5. The largest absolute Gasteiger partial charge is 0.456 e. The van der Waals surface area contributed by atoms with Crippen molar-refractivity contribution in [2.24, 2.45) is 0 Å². The second kappa shape index (κ2) is 8.53. The number of esters is 1. The highest BCUT2D eigenvalue weighted by Gasteiger charge is 2.20. The number of ketones is 1. The van der Waals surface area contributed by atoms with Gasteiger partial charge in [0.1, 0.15) is 11.7 Å². The number of Topliss-reactive ketones (excluding diaryl/α,β-unsaturated/α-hetero) is 1. The van der Waals surface area contributed by atoms with Crippen LogP contribution in [0.25, 0.3) is 0 Å². The highest BCUT2D eigenvalue weighted by molar-refractivity contribution is 9.10. The second-order valence-corrected chi connectivity index (χ2v) is 8.26. The number of pyridine rings is 1. The topological polar surface area (TPSA) is 89.2 Å². The lowest BCUT2D eigenvalue weighted by atomic mass is 10.0. The first-order valence-corrected chi connectivity index (χ1v) is 9.48. The third-order valence-corrected chi connectivity index (χ3v) is 4.66. The van der Waals surface area contributed by atoms with Crippen molar-refractivity contribution in [1.29, 1.82) is 5.26 Å². The number of nitrogens with zero attached hydrogens (tertiary/aromatic N) is 2. The molecule has 1 aromatic carbocycles. The van der Waals surface area contributed by atoms with Crippen LogP contribution in [-0.2, 0) is 16.0 Å². The van der Waals surface area contributed by atoms with E-state index in [0.29, 0.717) is 10.0 Å². The fraction of sp³-hybridized carbons (Fsp3) is 0.333. The summed E-state index contributed by atoms with van der Waals surface area (Å²) < 4.78 is 6.96. The zero-order chi connectivity index (χ0) is 21.1. The molecule has 1 unspecified atom stereocenters. The van der Waals surface area contributed by atoms with Crippen molar-refractivity contribution >= 4 is 27.7 Å². The van der Waals surface area contributed by atoms with Crippen LogP contribution in [0.2, 0.25) is 0 Å². The Morgan fingerprint density at radius 3 is 2.39 bits per heavy atom. The molecule has 0 radical (unpaired) electrons. The summed E-state index contributed by atoms with van der Waals surface area (Å²) in [6.07, 6.45) is 1.47. The summed E-state index contributed by atoms with van der Waals surface area (Å²) in [7, 11) is 0. The monoisotopic (exact) mass is 444 g/mol. The van der Waals surface area contributed by atoms with Gasteiger partial charge in [-0.1, -0.05) is 12.1 Å². The van der Waals surface area contributed by atoms with E-state index in [1.165, 1.54) is 16.8 Å². The van der Waals surface area contributed by atoms with Crippen molar-refractivity contribution < 1.29 is 14.3 Å². The van der Waals surface area contributed by atoms with Crippen LogP contribution in [-0.4, -0.2) is 21.9 Å². The smallest absolute Gasteiger partial charge is 0.338 e. The van der Waals surface area contributed by atoms with Gasteiger partial charge in [-0.15, -0.1) is 0 Å². The Labute approximate surface area is 171 Å². The van der Waals surface area contributed by atoms with Gasteiger partial charge in [-0.2, -0.15) is 5.26 Å². The third-order valence-electron chi connectivity index (χ3n) is 4.00. The number of rotatable bonds is 5. The maximum Gasteiger partial charge on any atom is 0.338 e. The van der Waals surface area contributed by atoms with E-state index in [0.717, 1.165) is 5.56 Å². The molecule has 0 aliphatic rings. The van der Waals surface area contributed by atoms with E-state index in [1.807, 2.05) is 6.07 Å². The van der Waals surface area contributed by atoms with Gasteiger partial charge in [-0.3, -0.25) is 9.59 Å². The van der Waals surface area contributed by atoms with Crippen LogP contribution < -0.4 is 5.56 Å². The zero-order valence-electron chi connectivity index (χ0n) is 16.2. The minimum absolute atomic E-state index is 0.0974. The molecule has 1 heterocycles. The predicted octanol–water partition coefficient (Wildman–Crippen LogP) is 3.81. The molecular weight excluding hydrogens is 424 g/mol. The molecule has 0 aliphatic heterocycles. The Bertz CT molecular complexity index is 995. The Kier molecular flexibility index (Phi) is 6.57. The van der Waals surface area contributed by atoms with Gasteiger partial charge in [-0.05, 0) is 61.3 Å². The lowest BCUT2D eigenvalue weighted by molar-refractivity contribution is -0.121. The van der Waals surface area contributed by atoms with Crippen LogP contribution in [0.1, 0.15) is 55.2 Å². The lowest BCUT2D eigenvalue weighted by Crippen LogP contribution is -2.28. The SMILES string of the molecule is CC(C(=O)Cc1ccc(C(=O)OC(C)(C)C)cc1)n1cc(C#N)c(Br)cc1=O. The lowest BCUT2D eigenvalue weighted by Gasteiger charge is -2.19. The molecule has 28 heavy (non-hydrogen) atoms. The normalized spacial score (nSPS) is 12.1. The van der Waals surface area contributed by atoms with Gasteiger partial charge in [0.15, 0.2) is 5.78 Å². The summed E-state index contributed by atoms with van der Waals surface area (Å²) in [5.74, 6) is -0.609. The highest BCUT2D eigenvalue weighted by Crippen LogP contribution is 2.17. The molecule has 1 aromatic heterocycles. The molecule has 0 fully saturated rings. The van der Waals surface area contributed by atoms with E-state index in [-0.39, 0.29) is 23.3 Å². The quantitative estimate of drug-likeness (QED) is 0.653. The molecule has 0 aliphatic carbocycles.